The van der Waals surface area contributed by atoms with Crippen LogP contribution < -0.4 is 14.8 Å². The van der Waals surface area contributed by atoms with Crippen LogP contribution >= 0.6 is 15.9 Å². The van der Waals surface area contributed by atoms with E-state index < -0.39 is 0 Å². The number of nitrogens with one attached hydrogen (secondary N) is 1. The normalized spacial score (nSPS) is 16.7. The maximum Gasteiger partial charge on any atom is 0.136 e. The first-order chi connectivity index (χ1) is 11.2. The predicted molar refractivity (Wildman–Crippen MR) is 96.2 cm³/mol. The zero-order valence-corrected chi connectivity index (χ0v) is 15.2. The molecule has 0 saturated heterocycles. The van der Waals surface area contributed by atoms with E-state index in [0.717, 1.165) is 28.1 Å². The number of fused-ring (bicyclic) bond motifs is 1. The molecule has 4 heteroatoms. The third kappa shape index (κ3) is 3.54. The Bertz CT molecular complexity index is 687. The zero-order chi connectivity index (χ0) is 16.2. The monoisotopic (exact) mass is 375 g/mol. The fourth-order valence-electron chi connectivity index (χ4n) is 3.26. The van der Waals surface area contributed by atoms with Crippen LogP contribution in [0.25, 0.3) is 0 Å². The molecule has 0 saturated carbocycles. The quantitative estimate of drug-likeness (QED) is 0.825. The Kier molecular flexibility index (Phi) is 5.23. The molecule has 122 valence electrons. The number of aryl methyl sites for hydroxylation is 1. The molecule has 2 aromatic carbocycles. The third-order valence-corrected chi connectivity index (χ3v) is 5.08. The van der Waals surface area contributed by atoms with Gasteiger partial charge in [-0.1, -0.05) is 24.3 Å². The minimum Gasteiger partial charge on any atom is -0.496 e. The molecule has 3 nitrogen and oxygen atoms in total. The molecule has 23 heavy (non-hydrogen) atoms. The first-order valence-electron chi connectivity index (χ1n) is 7.94. The maximum absolute atomic E-state index is 5.51. The highest BCUT2D eigenvalue weighted by molar-refractivity contribution is 9.10. The SMILES string of the molecule is COc1cc(OC)c(CN[C@@H]2CCCc3ccccc32)cc1Br. The van der Waals surface area contributed by atoms with Gasteiger partial charge >= 0.3 is 0 Å². The smallest absolute Gasteiger partial charge is 0.136 e. The Morgan fingerprint density at radius 1 is 1.13 bits per heavy atom. The average Bonchev–Trinajstić information content (AvgIpc) is 2.60. The Balaban J connectivity index is 1.78. The van der Waals surface area contributed by atoms with Gasteiger partial charge in [-0.25, -0.2) is 0 Å². The lowest BCUT2D eigenvalue weighted by Gasteiger charge is -2.27. The van der Waals surface area contributed by atoms with E-state index in [1.54, 1.807) is 14.2 Å². The van der Waals surface area contributed by atoms with Gasteiger partial charge in [0.05, 0.1) is 18.7 Å². The second-order valence-corrected chi connectivity index (χ2v) is 6.68. The number of benzene rings is 2. The molecule has 0 spiro atoms. The Labute approximate surface area is 146 Å². The summed E-state index contributed by atoms with van der Waals surface area (Å²) in [6.45, 7) is 0.769. The topological polar surface area (TPSA) is 30.5 Å². The standard InChI is InChI=1S/C19H22BrNO2/c1-22-18-11-19(23-2)16(20)10-14(18)12-21-17-9-5-7-13-6-3-4-8-15(13)17/h3-4,6,8,10-11,17,21H,5,7,9,12H2,1-2H3/t17-/m1/s1. The van der Waals surface area contributed by atoms with E-state index in [9.17, 15) is 0 Å². The van der Waals surface area contributed by atoms with Crippen molar-refractivity contribution < 1.29 is 9.47 Å². The molecule has 0 heterocycles. The summed E-state index contributed by atoms with van der Waals surface area (Å²) in [5.41, 5.74) is 4.03. The van der Waals surface area contributed by atoms with Gasteiger partial charge in [-0.2, -0.15) is 0 Å². The molecule has 0 aliphatic heterocycles. The van der Waals surface area contributed by atoms with Gasteiger partial charge in [-0.15, -0.1) is 0 Å². The summed E-state index contributed by atoms with van der Waals surface area (Å²) in [4.78, 5) is 0. The maximum atomic E-state index is 5.51. The van der Waals surface area contributed by atoms with E-state index in [2.05, 4.69) is 51.6 Å². The number of halogens is 1. The highest BCUT2D eigenvalue weighted by Crippen LogP contribution is 2.34. The van der Waals surface area contributed by atoms with Crippen molar-refractivity contribution >= 4 is 15.9 Å². The fraction of sp³-hybridized carbons (Fsp3) is 0.368. The molecule has 0 bridgehead atoms. The summed E-state index contributed by atoms with van der Waals surface area (Å²) in [7, 11) is 3.36. The molecule has 0 amide bonds. The predicted octanol–water partition coefficient (Wildman–Crippen LogP) is 4.63. The van der Waals surface area contributed by atoms with Crippen LogP contribution in [0, 0.1) is 0 Å². The molecular weight excluding hydrogens is 354 g/mol. The summed E-state index contributed by atoms with van der Waals surface area (Å²) in [6, 6.07) is 13.1. The van der Waals surface area contributed by atoms with Crippen LogP contribution in [0.5, 0.6) is 11.5 Å². The highest BCUT2D eigenvalue weighted by Gasteiger charge is 2.20. The van der Waals surface area contributed by atoms with Crippen molar-refractivity contribution in [2.24, 2.45) is 0 Å². The highest BCUT2D eigenvalue weighted by atomic mass is 79.9. The van der Waals surface area contributed by atoms with Gasteiger partial charge in [0.15, 0.2) is 0 Å². The lowest BCUT2D eigenvalue weighted by atomic mass is 9.87. The minimum absolute atomic E-state index is 0.408. The molecule has 0 radical (unpaired) electrons. The molecule has 1 atom stereocenters. The van der Waals surface area contributed by atoms with Gasteiger partial charge in [0.25, 0.3) is 0 Å². The summed E-state index contributed by atoms with van der Waals surface area (Å²) in [6.07, 6.45) is 3.60. The van der Waals surface area contributed by atoms with Crippen molar-refractivity contribution in [3.05, 3.63) is 57.6 Å². The summed E-state index contributed by atoms with van der Waals surface area (Å²) in [5.74, 6) is 1.63. The third-order valence-electron chi connectivity index (χ3n) is 4.46. The van der Waals surface area contributed by atoms with Crippen LogP contribution in [0.1, 0.15) is 35.6 Å². The summed E-state index contributed by atoms with van der Waals surface area (Å²) >= 11 is 3.55. The minimum atomic E-state index is 0.408. The molecule has 1 aliphatic carbocycles. The van der Waals surface area contributed by atoms with E-state index in [1.807, 2.05) is 6.07 Å². The largest absolute Gasteiger partial charge is 0.496 e. The molecule has 0 unspecified atom stereocenters. The van der Waals surface area contributed by atoms with E-state index in [1.165, 1.54) is 30.4 Å². The van der Waals surface area contributed by atoms with Crippen LogP contribution in [-0.4, -0.2) is 14.2 Å². The molecule has 0 aromatic heterocycles. The Hall–Kier alpha value is -1.52. The first kappa shape index (κ1) is 16.3. The van der Waals surface area contributed by atoms with E-state index >= 15 is 0 Å². The van der Waals surface area contributed by atoms with Crippen molar-refractivity contribution in [3.63, 3.8) is 0 Å². The Morgan fingerprint density at radius 2 is 1.91 bits per heavy atom. The van der Waals surface area contributed by atoms with E-state index in [4.69, 9.17) is 9.47 Å². The van der Waals surface area contributed by atoms with Crippen LogP contribution in [0.3, 0.4) is 0 Å². The van der Waals surface area contributed by atoms with E-state index in [0.29, 0.717) is 6.04 Å². The number of hydrogen-bond acceptors (Lipinski definition) is 3. The van der Waals surface area contributed by atoms with Gasteiger partial charge < -0.3 is 14.8 Å². The average molecular weight is 376 g/mol. The number of rotatable bonds is 5. The lowest BCUT2D eigenvalue weighted by molar-refractivity contribution is 0.385. The molecule has 1 N–H and O–H groups in total. The van der Waals surface area contributed by atoms with Crippen molar-refractivity contribution in [3.8, 4) is 11.5 Å². The van der Waals surface area contributed by atoms with Gasteiger partial charge in [-0.3, -0.25) is 0 Å². The van der Waals surface area contributed by atoms with Crippen molar-refractivity contribution in [1.82, 2.24) is 5.32 Å². The molecule has 2 aromatic rings. The van der Waals surface area contributed by atoms with E-state index in [-0.39, 0.29) is 0 Å². The van der Waals surface area contributed by atoms with Crippen LogP contribution in [0.15, 0.2) is 40.9 Å². The number of hydrogen-bond donors (Lipinski definition) is 1. The summed E-state index contributed by atoms with van der Waals surface area (Å²) < 4.78 is 11.8. The molecule has 3 rings (SSSR count). The molecule has 1 aliphatic rings. The number of methoxy groups -OCH3 is 2. The molecule has 0 fully saturated rings. The van der Waals surface area contributed by atoms with Crippen molar-refractivity contribution in [2.75, 3.05) is 14.2 Å². The zero-order valence-electron chi connectivity index (χ0n) is 13.6. The van der Waals surface area contributed by atoms with Crippen molar-refractivity contribution in [2.45, 2.75) is 31.8 Å². The lowest BCUT2D eigenvalue weighted by Crippen LogP contribution is -2.25. The second-order valence-electron chi connectivity index (χ2n) is 5.82. The first-order valence-corrected chi connectivity index (χ1v) is 8.74. The van der Waals surface area contributed by atoms with Gasteiger partial charge in [0.1, 0.15) is 11.5 Å². The van der Waals surface area contributed by atoms with Crippen LogP contribution in [0.2, 0.25) is 0 Å². The van der Waals surface area contributed by atoms with Crippen molar-refractivity contribution in [1.29, 1.82) is 0 Å². The Morgan fingerprint density at radius 3 is 2.70 bits per heavy atom. The van der Waals surface area contributed by atoms with Gasteiger partial charge in [-0.05, 0) is 52.4 Å². The summed E-state index contributed by atoms with van der Waals surface area (Å²) in [5, 5.41) is 3.69. The van der Waals surface area contributed by atoms with Crippen LogP contribution in [-0.2, 0) is 13.0 Å². The van der Waals surface area contributed by atoms with Crippen LogP contribution in [0.4, 0.5) is 0 Å². The fourth-order valence-corrected chi connectivity index (χ4v) is 3.81. The van der Waals surface area contributed by atoms with Gasteiger partial charge in [0.2, 0.25) is 0 Å². The number of ether oxygens (including phenoxy) is 2. The molecular formula is C19H22BrNO2. The van der Waals surface area contributed by atoms with Gasteiger partial charge in [0, 0.05) is 24.2 Å². The second kappa shape index (κ2) is 7.37.